The number of nitriles is 1. The van der Waals surface area contributed by atoms with Crippen molar-refractivity contribution >= 4 is 64.2 Å². The predicted molar refractivity (Wildman–Crippen MR) is 195 cm³/mol. The summed E-state index contributed by atoms with van der Waals surface area (Å²) < 4.78 is 10.5. The van der Waals surface area contributed by atoms with Gasteiger partial charge < -0.3 is 9.47 Å². The number of amides is 2. The van der Waals surface area contributed by atoms with Gasteiger partial charge in [-0.05, 0) is 85.3 Å². The average molecular weight is 737 g/mol. The number of imide groups is 1. The zero-order valence-corrected chi connectivity index (χ0v) is 29.5. The number of hydrogen-bond acceptors (Lipinski definition) is 9. The maximum absolute atomic E-state index is 13.7. The summed E-state index contributed by atoms with van der Waals surface area (Å²) in [5.74, 6) is -1.48. The Kier molecular flexibility index (Phi) is 10.5. The van der Waals surface area contributed by atoms with Gasteiger partial charge in [-0.2, -0.15) is 5.26 Å². The van der Waals surface area contributed by atoms with Gasteiger partial charge in [0.25, 0.3) is 0 Å². The summed E-state index contributed by atoms with van der Waals surface area (Å²) >= 11 is 12.9. The lowest BCUT2D eigenvalue weighted by Crippen LogP contribution is -2.31. The molecule has 0 saturated carbocycles. The van der Waals surface area contributed by atoms with Crippen molar-refractivity contribution in [2.75, 3.05) is 18.6 Å². The van der Waals surface area contributed by atoms with E-state index in [1.165, 1.54) is 42.5 Å². The molecule has 5 aromatic rings. The summed E-state index contributed by atoms with van der Waals surface area (Å²) in [5.41, 5.74) is 4.80. The normalized spacial score (nSPS) is 13.9. The summed E-state index contributed by atoms with van der Waals surface area (Å²) in [4.78, 5) is 58.0. The first-order valence-corrected chi connectivity index (χ1v) is 17.2. The number of Topliss-reactive ketones (excluding diaryl/α,β-unsaturated/α-hetero) is 1. The van der Waals surface area contributed by atoms with E-state index < -0.39 is 35.4 Å². The summed E-state index contributed by atoms with van der Waals surface area (Å²) in [6.45, 7) is 1.45. The van der Waals surface area contributed by atoms with E-state index in [9.17, 15) is 24.4 Å². The molecule has 0 N–H and O–H groups in total. The van der Waals surface area contributed by atoms with E-state index in [0.717, 1.165) is 33.4 Å². The van der Waals surface area contributed by atoms with E-state index >= 15 is 0 Å². The monoisotopic (exact) mass is 735 g/mol. The molecule has 1 fully saturated rings. The molecule has 4 aromatic carbocycles. The third kappa shape index (κ3) is 7.66. The number of thioether (sulfide) groups is 1. The van der Waals surface area contributed by atoms with Crippen LogP contribution in [-0.4, -0.2) is 47.5 Å². The Morgan fingerprint density at radius 1 is 0.902 bits per heavy atom. The summed E-state index contributed by atoms with van der Waals surface area (Å²) in [7, 11) is 1.58. The number of rotatable bonds is 10. The molecule has 1 saturated heterocycles. The van der Waals surface area contributed by atoms with Gasteiger partial charge in [0.2, 0.25) is 11.8 Å². The fourth-order valence-electron chi connectivity index (χ4n) is 5.40. The molecule has 0 aliphatic carbocycles. The Morgan fingerprint density at radius 3 is 2.22 bits per heavy atom. The molecule has 6 rings (SSSR count). The van der Waals surface area contributed by atoms with Crippen LogP contribution >= 0.6 is 35.0 Å². The zero-order chi connectivity index (χ0) is 36.2. The van der Waals surface area contributed by atoms with Crippen LogP contribution in [0.1, 0.15) is 38.3 Å². The van der Waals surface area contributed by atoms with Crippen LogP contribution in [0.25, 0.3) is 22.4 Å². The molecule has 0 bridgehead atoms. The molecule has 0 spiro atoms. The van der Waals surface area contributed by atoms with Crippen LogP contribution in [0.15, 0.2) is 102 Å². The molecule has 1 aromatic heterocycles. The van der Waals surface area contributed by atoms with Gasteiger partial charge in [-0.1, -0.05) is 64.8 Å². The number of esters is 1. The van der Waals surface area contributed by atoms with Gasteiger partial charge in [0.15, 0.2) is 12.4 Å². The van der Waals surface area contributed by atoms with E-state index in [4.69, 9.17) is 37.7 Å². The molecule has 9 nitrogen and oxygen atoms in total. The standard InChI is InChI=1S/C39H27Cl2N3O6S/c1-22-3-5-23(6-4-22)29-18-33(24-9-14-28(49-2)15-10-24)43-37(30(29)20-42)51-35-19-36(46)44(38(35)47)27-12-7-25(8-13-27)39(48)50-21-34(45)26-11-16-31(40)32(41)17-26/h3-18,35H,19,21H2,1-2H3. The Hall–Kier alpha value is -5.47. The smallest absolute Gasteiger partial charge is 0.338 e. The molecule has 2 heterocycles. The number of pyridine rings is 1. The zero-order valence-electron chi connectivity index (χ0n) is 27.2. The summed E-state index contributed by atoms with van der Waals surface area (Å²) in [6.07, 6.45) is -0.122. The second kappa shape index (κ2) is 15.2. The second-order valence-corrected chi connectivity index (χ2v) is 13.5. The summed E-state index contributed by atoms with van der Waals surface area (Å²) in [6, 6.07) is 29.3. The molecular formula is C39H27Cl2N3O6S. The van der Waals surface area contributed by atoms with E-state index in [-0.39, 0.29) is 28.3 Å². The quantitative estimate of drug-likeness (QED) is 0.0790. The Morgan fingerprint density at radius 2 is 1.57 bits per heavy atom. The first kappa shape index (κ1) is 35.4. The molecule has 1 atom stereocenters. The van der Waals surface area contributed by atoms with Crippen LogP contribution in [0, 0.1) is 18.3 Å². The van der Waals surface area contributed by atoms with Crippen LogP contribution in [0.5, 0.6) is 5.75 Å². The number of halogens is 2. The van der Waals surface area contributed by atoms with Crippen molar-refractivity contribution in [1.29, 1.82) is 5.26 Å². The number of nitrogens with zero attached hydrogens (tertiary/aromatic N) is 3. The highest BCUT2D eigenvalue weighted by Gasteiger charge is 2.41. The number of anilines is 1. The molecule has 1 unspecified atom stereocenters. The number of carbonyl (C=O) groups excluding carboxylic acids is 4. The van der Waals surface area contributed by atoms with Gasteiger partial charge >= 0.3 is 5.97 Å². The van der Waals surface area contributed by atoms with Crippen LogP contribution < -0.4 is 9.64 Å². The predicted octanol–water partition coefficient (Wildman–Crippen LogP) is 8.38. The maximum Gasteiger partial charge on any atom is 0.338 e. The highest BCUT2D eigenvalue weighted by molar-refractivity contribution is 8.00. The largest absolute Gasteiger partial charge is 0.497 e. The van der Waals surface area contributed by atoms with Crippen molar-refractivity contribution in [2.45, 2.75) is 23.6 Å². The van der Waals surface area contributed by atoms with E-state index in [2.05, 4.69) is 6.07 Å². The van der Waals surface area contributed by atoms with Gasteiger partial charge in [0, 0.05) is 23.1 Å². The molecule has 12 heteroatoms. The number of aromatic nitrogens is 1. The Bertz CT molecular complexity index is 2220. The lowest BCUT2D eigenvalue weighted by atomic mass is 9.98. The number of methoxy groups -OCH3 is 1. The Balaban J connectivity index is 1.21. The van der Waals surface area contributed by atoms with Crippen molar-refractivity contribution in [3.05, 3.63) is 129 Å². The Labute approximate surface area is 307 Å². The van der Waals surface area contributed by atoms with Crippen LogP contribution in [0.4, 0.5) is 5.69 Å². The van der Waals surface area contributed by atoms with Gasteiger partial charge in [-0.25, -0.2) is 14.7 Å². The molecule has 1 aliphatic rings. The second-order valence-electron chi connectivity index (χ2n) is 11.5. The fourth-order valence-corrected chi connectivity index (χ4v) is 6.83. The lowest BCUT2D eigenvalue weighted by molar-refractivity contribution is -0.121. The van der Waals surface area contributed by atoms with E-state index in [1.54, 1.807) is 7.11 Å². The minimum absolute atomic E-state index is 0.118. The van der Waals surface area contributed by atoms with Crippen molar-refractivity contribution in [3.8, 4) is 34.2 Å². The average Bonchev–Trinajstić information content (AvgIpc) is 3.42. The molecule has 1 aliphatic heterocycles. The number of carbonyl (C=O) groups is 4. The van der Waals surface area contributed by atoms with Gasteiger partial charge in [0.1, 0.15) is 16.8 Å². The third-order valence-electron chi connectivity index (χ3n) is 8.14. The molecule has 0 radical (unpaired) electrons. The number of ether oxygens (including phenoxy) is 2. The first-order valence-electron chi connectivity index (χ1n) is 15.5. The van der Waals surface area contributed by atoms with Crippen molar-refractivity contribution in [1.82, 2.24) is 4.98 Å². The number of ketones is 1. The van der Waals surface area contributed by atoms with E-state index in [0.29, 0.717) is 32.6 Å². The molecular weight excluding hydrogens is 709 g/mol. The van der Waals surface area contributed by atoms with Crippen molar-refractivity contribution in [3.63, 3.8) is 0 Å². The minimum Gasteiger partial charge on any atom is -0.497 e. The first-order chi connectivity index (χ1) is 24.6. The minimum atomic E-state index is -0.855. The van der Waals surface area contributed by atoms with Gasteiger partial charge in [-0.3, -0.25) is 14.4 Å². The lowest BCUT2D eigenvalue weighted by Gasteiger charge is -2.17. The molecule has 2 amide bonds. The van der Waals surface area contributed by atoms with Crippen LogP contribution in [0.2, 0.25) is 10.0 Å². The topological polar surface area (TPSA) is 127 Å². The highest BCUT2D eigenvalue weighted by atomic mass is 35.5. The summed E-state index contributed by atoms with van der Waals surface area (Å²) in [5, 5.41) is 10.3. The van der Waals surface area contributed by atoms with E-state index in [1.807, 2.05) is 61.5 Å². The number of aryl methyl sites for hydroxylation is 1. The maximum atomic E-state index is 13.7. The van der Waals surface area contributed by atoms with Crippen LogP contribution in [-0.2, 0) is 14.3 Å². The third-order valence-corrected chi connectivity index (χ3v) is 10.1. The molecule has 51 heavy (non-hydrogen) atoms. The highest BCUT2D eigenvalue weighted by Crippen LogP contribution is 2.39. The van der Waals surface area contributed by atoms with Gasteiger partial charge in [-0.15, -0.1) is 0 Å². The SMILES string of the molecule is COc1ccc(-c2cc(-c3ccc(C)cc3)c(C#N)c(SC3CC(=O)N(c4ccc(C(=O)OCC(=O)c5ccc(Cl)c(Cl)c5)cc4)C3=O)n2)cc1. The van der Waals surface area contributed by atoms with Crippen molar-refractivity contribution < 1.29 is 28.7 Å². The fraction of sp³-hybridized carbons (Fsp3) is 0.128. The van der Waals surface area contributed by atoms with Crippen LogP contribution in [0.3, 0.4) is 0 Å². The number of hydrogen-bond donors (Lipinski definition) is 0. The van der Waals surface area contributed by atoms with Gasteiger partial charge in [0.05, 0.1) is 44.9 Å². The van der Waals surface area contributed by atoms with Crippen molar-refractivity contribution in [2.24, 2.45) is 0 Å². The number of benzene rings is 4. The molecule has 254 valence electrons.